The molecule has 0 saturated carbocycles. The number of unbranched alkanes of at least 4 members (excludes halogenated alkanes) is 2. The van der Waals surface area contributed by atoms with Crippen molar-refractivity contribution in [1.82, 2.24) is 0 Å². The SMILES string of the molecule is OCC/C=C\CCCCBr. The van der Waals surface area contributed by atoms with Gasteiger partial charge in [0.15, 0.2) is 0 Å². The van der Waals surface area contributed by atoms with Crippen molar-refractivity contribution < 1.29 is 5.11 Å². The monoisotopic (exact) mass is 206 g/mol. The first-order valence-electron chi connectivity index (χ1n) is 3.73. The zero-order valence-electron chi connectivity index (χ0n) is 6.22. The molecule has 0 aromatic carbocycles. The van der Waals surface area contributed by atoms with Crippen LogP contribution < -0.4 is 0 Å². The van der Waals surface area contributed by atoms with E-state index >= 15 is 0 Å². The van der Waals surface area contributed by atoms with E-state index in [1.165, 1.54) is 12.8 Å². The number of hydrogen-bond acceptors (Lipinski definition) is 1. The highest BCUT2D eigenvalue weighted by Gasteiger charge is 1.81. The molecule has 0 amide bonds. The van der Waals surface area contributed by atoms with Crippen LogP contribution in [0.25, 0.3) is 0 Å². The van der Waals surface area contributed by atoms with Gasteiger partial charge in [-0.25, -0.2) is 0 Å². The van der Waals surface area contributed by atoms with E-state index in [-0.39, 0.29) is 6.61 Å². The van der Waals surface area contributed by atoms with Crippen molar-refractivity contribution in [1.29, 1.82) is 0 Å². The van der Waals surface area contributed by atoms with Crippen molar-refractivity contribution in [3.05, 3.63) is 12.2 Å². The maximum atomic E-state index is 8.41. The highest BCUT2D eigenvalue weighted by Crippen LogP contribution is 1.99. The Hall–Kier alpha value is 0.180. The topological polar surface area (TPSA) is 20.2 Å². The Labute approximate surface area is 71.3 Å². The van der Waals surface area contributed by atoms with Gasteiger partial charge < -0.3 is 5.11 Å². The Morgan fingerprint density at radius 2 is 1.80 bits per heavy atom. The molecule has 0 atom stereocenters. The summed E-state index contributed by atoms with van der Waals surface area (Å²) in [6, 6.07) is 0. The lowest BCUT2D eigenvalue weighted by atomic mass is 10.2. The number of rotatable bonds is 6. The Morgan fingerprint density at radius 1 is 1.10 bits per heavy atom. The van der Waals surface area contributed by atoms with Gasteiger partial charge in [0, 0.05) is 11.9 Å². The third-order valence-electron chi connectivity index (χ3n) is 1.22. The minimum absolute atomic E-state index is 0.273. The van der Waals surface area contributed by atoms with Crippen LogP contribution in [0.15, 0.2) is 12.2 Å². The van der Waals surface area contributed by atoms with Gasteiger partial charge in [-0.3, -0.25) is 0 Å². The van der Waals surface area contributed by atoms with Crippen molar-refractivity contribution in [3.8, 4) is 0 Å². The number of alkyl halides is 1. The second-order valence-corrected chi connectivity index (χ2v) is 2.96. The van der Waals surface area contributed by atoms with E-state index in [1.807, 2.05) is 6.08 Å². The quantitative estimate of drug-likeness (QED) is 0.403. The molecule has 0 rings (SSSR count). The predicted molar refractivity (Wildman–Crippen MR) is 48.5 cm³/mol. The molecule has 10 heavy (non-hydrogen) atoms. The van der Waals surface area contributed by atoms with Gasteiger partial charge in [-0.2, -0.15) is 0 Å². The molecule has 1 nitrogen and oxygen atoms in total. The Morgan fingerprint density at radius 3 is 2.40 bits per heavy atom. The molecule has 2 heteroatoms. The zero-order valence-corrected chi connectivity index (χ0v) is 7.81. The van der Waals surface area contributed by atoms with Crippen LogP contribution in [0, 0.1) is 0 Å². The summed E-state index contributed by atoms with van der Waals surface area (Å²) >= 11 is 3.37. The summed E-state index contributed by atoms with van der Waals surface area (Å²) in [6.45, 7) is 0.273. The van der Waals surface area contributed by atoms with E-state index in [0.29, 0.717) is 0 Å². The average Bonchev–Trinajstić information content (AvgIpc) is 1.97. The third-order valence-corrected chi connectivity index (χ3v) is 1.78. The predicted octanol–water partition coefficient (Wildman–Crippen LogP) is 2.49. The lowest BCUT2D eigenvalue weighted by molar-refractivity contribution is 0.302. The molecule has 0 bridgehead atoms. The van der Waals surface area contributed by atoms with Gasteiger partial charge in [0.25, 0.3) is 0 Å². The summed E-state index contributed by atoms with van der Waals surface area (Å²) in [5.41, 5.74) is 0. The van der Waals surface area contributed by atoms with Crippen LogP contribution in [0.5, 0.6) is 0 Å². The van der Waals surface area contributed by atoms with Crippen LogP contribution in [-0.2, 0) is 0 Å². The van der Waals surface area contributed by atoms with Gasteiger partial charge >= 0.3 is 0 Å². The van der Waals surface area contributed by atoms with Crippen LogP contribution in [0.4, 0.5) is 0 Å². The molecule has 0 aromatic rings. The molecule has 0 unspecified atom stereocenters. The molecule has 60 valence electrons. The van der Waals surface area contributed by atoms with Crippen molar-refractivity contribution in [2.75, 3.05) is 11.9 Å². The van der Waals surface area contributed by atoms with Crippen LogP contribution in [-0.4, -0.2) is 17.0 Å². The van der Waals surface area contributed by atoms with E-state index in [0.717, 1.165) is 18.2 Å². The molecular weight excluding hydrogens is 192 g/mol. The van der Waals surface area contributed by atoms with Crippen LogP contribution in [0.2, 0.25) is 0 Å². The molecule has 0 aliphatic heterocycles. The zero-order chi connectivity index (χ0) is 7.66. The van der Waals surface area contributed by atoms with Crippen molar-refractivity contribution in [3.63, 3.8) is 0 Å². The van der Waals surface area contributed by atoms with Crippen LogP contribution >= 0.6 is 15.9 Å². The molecule has 0 aliphatic rings. The Balaban J connectivity index is 2.88. The second kappa shape index (κ2) is 9.18. The van der Waals surface area contributed by atoms with E-state index in [9.17, 15) is 0 Å². The van der Waals surface area contributed by atoms with Gasteiger partial charge in [0.2, 0.25) is 0 Å². The summed E-state index contributed by atoms with van der Waals surface area (Å²) < 4.78 is 0. The van der Waals surface area contributed by atoms with Gasteiger partial charge in [0.1, 0.15) is 0 Å². The van der Waals surface area contributed by atoms with E-state index in [1.54, 1.807) is 0 Å². The van der Waals surface area contributed by atoms with Crippen molar-refractivity contribution in [2.45, 2.75) is 25.7 Å². The minimum Gasteiger partial charge on any atom is -0.396 e. The summed E-state index contributed by atoms with van der Waals surface area (Å²) in [5.74, 6) is 0. The number of aliphatic hydroxyl groups excluding tert-OH is 1. The lowest BCUT2D eigenvalue weighted by Crippen LogP contribution is -1.77. The largest absolute Gasteiger partial charge is 0.396 e. The second-order valence-electron chi connectivity index (χ2n) is 2.17. The fourth-order valence-electron chi connectivity index (χ4n) is 0.667. The molecule has 0 radical (unpaired) electrons. The number of halogens is 1. The molecule has 0 aromatic heterocycles. The smallest absolute Gasteiger partial charge is 0.0465 e. The Bertz CT molecular complexity index is 81.3. The number of aliphatic hydroxyl groups is 1. The maximum Gasteiger partial charge on any atom is 0.0465 e. The highest BCUT2D eigenvalue weighted by molar-refractivity contribution is 9.09. The van der Waals surface area contributed by atoms with Gasteiger partial charge in [-0.05, 0) is 25.7 Å². The summed E-state index contributed by atoms with van der Waals surface area (Å²) in [6.07, 6.45) is 8.60. The minimum atomic E-state index is 0.273. The van der Waals surface area contributed by atoms with E-state index in [4.69, 9.17) is 5.11 Å². The summed E-state index contributed by atoms with van der Waals surface area (Å²) in [5, 5.41) is 9.51. The standard InChI is InChI=1S/C8H15BrO/c9-7-5-3-1-2-4-6-8-10/h2,4,10H,1,3,5-8H2/b4-2-. The first kappa shape index (κ1) is 10.2. The first-order chi connectivity index (χ1) is 4.91. The highest BCUT2D eigenvalue weighted by atomic mass is 79.9. The normalized spacial score (nSPS) is 11.0. The Kier molecular flexibility index (Phi) is 9.35. The molecular formula is C8H15BrO. The van der Waals surface area contributed by atoms with Crippen LogP contribution in [0.1, 0.15) is 25.7 Å². The fraction of sp³-hybridized carbons (Fsp3) is 0.750. The summed E-state index contributed by atoms with van der Waals surface area (Å²) in [4.78, 5) is 0. The molecule has 0 heterocycles. The third kappa shape index (κ3) is 8.18. The number of allylic oxidation sites excluding steroid dienone is 1. The first-order valence-corrected chi connectivity index (χ1v) is 4.85. The number of hydrogen-bond donors (Lipinski definition) is 1. The van der Waals surface area contributed by atoms with E-state index in [2.05, 4.69) is 22.0 Å². The van der Waals surface area contributed by atoms with Gasteiger partial charge in [-0.15, -0.1) is 0 Å². The maximum absolute atomic E-state index is 8.41. The molecule has 0 fully saturated rings. The molecule has 0 saturated heterocycles. The fourth-order valence-corrected chi connectivity index (χ4v) is 1.06. The molecule has 0 aliphatic carbocycles. The van der Waals surface area contributed by atoms with E-state index < -0.39 is 0 Å². The average molecular weight is 207 g/mol. The molecule has 0 spiro atoms. The van der Waals surface area contributed by atoms with Crippen LogP contribution in [0.3, 0.4) is 0 Å². The molecule has 1 N–H and O–H groups in total. The van der Waals surface area contributed by atoms with Gasteiger partial charge in [0.05, 0.1) is 0 Å². The van der Waals surface area contributed by atoms with Crippen molar-refractivity contribution in [2.24, 2.45) is 0 Å². The lowest BCUT2D eigenvalue weighted by Gasteiger charge is -1.89. The summed E-state index contributed by atoms with van der Waals surface area (Å²) in [7, 11) is 0. The van der Waals surface area contributed by atoms with Gasteiger partial charge in [-0.1, -0.05) is 28.1 Å². The van der Waals surface area contributed by atoms with Crippen molar-refractivity contribution >= 4 is 15.9 Å².